The molecule has 10 heteroatoms. The van der Waals surface area contributed by atoms with E-state index in [9.17, 15) is 18.0 Å². The van der Waals surface area contributed by atoms with E-state index >= 15 is 0 Å². The Morgan fingerprint density at radius 2 is 1.70 bits per heavy atom. The lowest BCUT2D eigenvalue weighted by Gasteiger charge is -2.30. The number of amides is 2. The first-order valence-electron chi connectivity index (χ1n) is 12.3. The molecule has 0 unspecified atom stereocenters. The minimum Gasteiger partial charge on any atom is -0.497 e. The second-order valence-corrected chi connectivity index (χ2v) is 11.2. The summed E-state index contributed by atoms with van der Waals surface area (Å²) in [5, 5.41) is 2.89. The van der Waals surface area contributed by atoms with Crippen molar-refractivity contribution in [3.63, 3.8) is 0 Å². The van der Waals surface area contributed by atoms with Crippen LogP contribution in [0.4, 0.5) is 5.69 Å². The van der Waals surface area contributed by atoms with Crippen molar-refractivity contribution >= 4 is 27.5 Å². The molecule has 0 radical (unpaired) electrons. The zero-order valence-electron chi connectivity index (χ0n) is 22.6. The predicted molar refractivity (Wildman–Crippen MR) is 145 cm³/mol. The Morgan fingerprint density at radius 3 is 2.32 bits per heavy atom. The van der Waals surface area contributed by atoms with E-state index in [1.807, 2.05) is 38.1 Å². The number of sulfonamides is 1. The molecule has 0 heterocycles. The molecule has 0 fully saturated rings. The average molecular weight is 534 g/mol. The Labute approximate surface area is 220 Å². The molecule has 1 atom stereocenters. The fourth-order valence-electron chi connectivity index (χ4n) is 3.82. The van der Waals surface area contributed by atoms with Crippen LogP contribution in [0.5, 0.6) is 11.5 Å². The largest absolute Gasteiger partial charge is 0.497 e. The molecule has 2 amide bonds. The maximum atomic E-state index is 13.4. The molecule has 0 aromatic heterocycles. The Bertz CT molecular complexity index is 1150. The lowest BCUT2D eigenvalue weighted by atomic mass is 10.1. The SMILES string of the molecule is COc1cccc(CN(C(=O)CCCN(c2ccccc2OC)S(C)(=O)=O)[C@@H](C)C(=O)NCC(C)C)c1. The zero-order valence-corrected chi connectivity index (χ0v) is 23.4. The van der Waals surface area contributed by atoms with E-state index in [-0.39, 0.29) is 43.7 Å². The molecular formula is C27H39N3O6S. The van der Waals surface area contributed by atoms with Gasteiger partial charge in [0.1, 0.15) is 17.5 Å². The van der Waals surface area contributed by atoms with Crippen molar-refractivity contribution in [2.75, 3.05) is 37.9 Å². The number of methoxy groups -OCH3 is 2. The molecular weight excluding hydrogens is 494 g/mol. The molecule has 1 N–H and O–H groups in total. The van der Waals surface area contributed by atoms with Gasteiger partial charge in [-0.1, -0.05) is 38.1 Å². The molecule has 37 heavy (non-hydrogen) atoms. The number of carbonyl (C=O) groups excluding carboxylic acids is 2. The maximum Gasteiger partial charge on any atom is 0.242 e. The Hall–Kier alpha value is -3.27. The number of rotatable bonds is 14. The molecule has 0 bridgehead atoms. The van der Waals surface area contributed by atoms with Crippen LogP contribution in [-0.4, -0.2) is 64.7 Å². The number of anilines is 1. The van der Waals surface area contributed by atoms with E-state index < -0.39 is 16.1 Å². The fraction of sp³-hybridized carbons (Fsp3) is 0.481. The van der Waals surface area contributed by atoms with E-state index in [1.165, 1.54) is 16.3 Å². The monoisotopic (exact) mass is 533 g/mol. The summed E-state index contributed by atoms with van der Waals surface area (Å²) in [6, 6.07) is 13.5. The number of benzene rings is 2. The van der Waals surface area contributed by atoms with Crippen LogP contribution in [0.15, 0.2) is 48.5 Å². The molecule has 2 rings (SSSR count). The van der Waals surface area contributed by atoms with E-state index in [4.69, 9.17) is 9.47 Å². The van der Waals surface area contributed by atoms with Gasteiger partial charge in [0.2, 0.25) is 21.8 Å². The van der Waals surface area contributed by atoms with Crippen LogP contribution in [0.1, 0.15) is 39.2 Å². The quantitative estimate of drug-likeness (QED) is 0.399. The van der Waals surface area contributed by atoms with Crippen molar-refractivity contribution < 1.29 is 27.5 Å². The molecule has 0 saturated carbocycles. The number of carbonyl (C=O) groups is 2. The minimum absolute atomic E-state index is 0.0624. The topological polar surface area (TPSA) is 105 Å². The van der Waals surface area contributed by atoms with Crippen LogP contribution < -0.4 is 19.1 Å². The molecule has 2 aromatic rings. The number of nitrogens with zero attached hydrogens (tertiary/aromatic N) is 2. The van der Waals surface area contributed by atoms with Gasteiger partial charge >= 0.3 is 0 Å². The summed E-state index contributed by atoms with van der Waals surface area (Å²) in [6.45, 7) is 6.51. The third-order valence-corrected chi connectivity index (χ3v) is 7.02. The molecule has 2 aromatic carbocycles. The molecule has 0 spiro atoms. The third kappa shape index (κ3) is 8.96. The minimum atomic E-state index is -3.62. The van der Waals surface area contributed by atoms with Gasteiger partial charge in [-0.2, -0.15) is 0 Å². The van der Waals surface area contributed by atoms with Crippen molar-refractivity contribution in [2.45, 2.75) is 46.2 Å². The highest BCUT2D eigenvalue weighted by molar-refractivity contribution is 7.92. The van der Waals surface area contributed by atoms with Crippen LogP contribution >= 0.6 is 0 Å². The van der Waals surface area contributed by atoms with E-state index in [0.29, 0.717) is 23.7 Å². The number of hydrogen-bond acceptors (Lipinski definition) is 6. The van der Waals surface area contributed by atoms with Crippen LogP contribution in [-0.2, 0) is 26.2 Å². The smallest absolute Gasteiger partial charge is 0.242 e. The molecule has 0 aliphatic heterocycles. The molecule has 9 nitrogen and oxygen atoms in total. The molecule has 0 aliphatic carbocycles. The normalized spacial score (nSPS) is 12.1. The third-order valence-electron chi connectivity index (χ3n) is 5.84. The van der Waals surface area contributed by atoms with E-state index in [1.54, 1.807) is 38.3 Å². The van der Waals surface area contributed by atoms with Crippen LogP contribution in [0.2, 0.25) is 0 Å². The van der Waals surface area contributed by atoms with Gasteiger partial charge in [-0.15, -0.1) is 0 Å². The van der Waals surface area contributed by atoms with Gasteiger partial charge in [-0.05, 0) is 49.1 Å². The van der Waals surface area contributed by atoms with Crippen LogP contribution in [0.3, 0.4) is 0 Å². The van der Waals surface area contributed by atoms with Gasteiger partial charge in [-0.25, -0.2) is 8.42 Å². The Balaban J connectivity index is 2.21. The predicted octanol–water partition coefficient (Wildman–Crippen LogP) is 3.44. The van der Waals surface area contributed by atoms with Crippen LogP contribution in [0.25, 0.3) is 0 Å². The van der Waals surface area contributed by atoms with Crippen LogP contribution in [0, 0.1) is 5.92 Å². The standard InChI is InChI=1S/C27H39N3O6S/c1-20(2)18-28-27(32)21(3)29(19-22-11-9-12-23(17-22)35-4)26(31)15-10-16-30(37(6,33)34)24-13-7-8-14-25(24)36-5/h7-9,11-14,17,20-21H,10,15-16,18-19H2,1-6H3,(H,28,32)/t21-/m0/s1. The van der Waals surface area contributed by atoms with E-state index in [2.05, 4.69) is 5.32 Å². The molecule has 0 saturated heterocycles. The van der Waals surface area contributed by atoms with Gasteiger partial charge in [0.25, 0.3) is 0 Å². The lowest BCUT2D eigenvalue weighted by molar-refractivity contribution is -0.140. The summed E-state index contributed by atoms with van der Waals surface area (Å²) in [6.07, 6.45) is 1.45. The van der Waals surface area contributed by atoms with Crippen molar-refractivity contribution in [3.05, 3.63) is 54.1 Å². The summed E-state index contributed by atoms with van der Waals surface area (Å²) in [5.41, 5.74) is 1.23. The van der Waals surface area contributed by atoms with Gasteiger partial charge in [-0.3, -0.25) is 13.9 Å². The summed E-state index contributed by atoms with van der Waals surface area (Å²) >= 11 is 0. The molecule has 0 aliphatic rings. The summed E-state index contributed by atoms with van der Waals surface area (Å²) in [5.74, 6) is 0.868. The highest BCUT2D eigenvalue weighted by Crippen LogP contribution is 2.29. The highest BCUT2D eigenvalue weighted by Gasteiger charge is 2.27. The van der Waals surface area contributed by atoms with Gasteiger partial charge < -0.3 is 19.7 Å². The Kier molecular flexibility index (Phi) is 11.2. The average Bonchev–Trinajstić information content (AvgIpc) is 2.87. The van der Waals surface area contributed by atoms with Crippen molar-refractivity contribution in [3.8, 4) is 11.5 Å². The van der Waals surface area contributed by atoms with E-state index in [0.717, 1.165) is 11.8 Å². The first kappa shape index (κ1) is 30.0. The van der Waals surface area contributed by atoms with Gasteiger partial charge in [0, 0.05) is 26.1 Å². The Morgan fingerprint density at radius 1 is 1.00 bits per heavy atom. The summed E-state index contributed by atoms with van der Waals surface area (Å²) in [7, 11) is -0.574. The summed E-state index contributed by atoms with van der Waals surface area (Å²) < 4.78 is 37.0. The van der Waals surface area contributed by atoms with Crippen molar-refractivity contribution in [1.29, 1.82) is 0 Å². The number of para-hydroxylation sites is 2. The van der Waals surface area contributed by atoms with Gasteiger partial charge in [0.15, 0.2) is 0 Å². The molecule has 204 valence electrons. The maximum absolute atomic E-state index is 13.4. The second kappa shape index (κ2) is 13.9. The first-order chi connectivity index (χ1) is 17.5. The first-order valence-corrected chi connectivity index (χ1v) is 14.1. The number of nitrogens with one attached hydrogen (secondary N) is 1. The lowest BCUT2D eigenvalue weighted by Crippen LogP contribution is -2.48. The fourth-order valence-corrected chi connectivity index (χ4v) is 4.79. The number of hydrogen-bond donors (Lipinski definition) is 1. The highest BCUT2D eigenvalue weighted by atomic mass is 32.2. The van der Waals surface area contributed by atoms with Gasteiger partial charge in [0.05, 0.1) is 26.2 Å². The van der Waals surface area contributed by atoms with Crippen molar-refractivity contribution in [2.24, 2.45) is 5.92 Å². The second-order valence-electron chi connectivity index (χ2n) is 9.30. The summed E-state index contributed by atoms with van der Waals surface area (Å²) in [4.78, 5) is 27.8. The number of ether oxygens (including phenoxy) is 2. The zero-order chi connectivity index (χ0) is 27.6. The van der Waals surface area contributed by atoms with Crippen molar-refractivity contribution in [1.82, 2.24) is 10.2 Å².